The molecule has 0 bridgehead atoms. The molecule has 3 aromatic rings. The molecule has 0 atom stereocenters. The number of thiophene rings is 1. The Hall–Kier alpha value is -3.58. The lowest BCUT2D eigenvalue weighted by molar-refractivity contribution is -0.149. The van der Waals surface area contributed by atoms with Gasteiger partial charge in [0.05, 0.1) is 23.0 Å². The zero-order valence-electron chi connectivity index (χ0n) is 25.2. The highest BCUT2D eigenvalue weighted by Crippen LogP contribution is 2.38. The molecule has 1 aromatic heterocycles. The fourth-order valence-electron chi connectivity index (χ4n) is 5.67. The molecule has 234 valence electrons. The molecule has 44 heavy (non-hydrogen) atoms. The van der Waals surface area contributed by atoms with Gasteiger partial charge in [0.1, 0.15) is 5.00 Å². The van der Waals surface area contributed by atoms with Crippen molar-refractivity contribution in [3.05, 3.63) is 81.7 Å². The van der Waals surface area contributed by atoms with Crippen LogP contribution in [-0.4, -0.2) is 80.6 Å². The lowest BCUT2D eigenvalue weighted by atomic mass is 9.98. The van der Waals surface area contributed by atoms with Crippen LogP contribution < -0.4 is 5.32 Å². The summed E-state index contributed by atoms with van der Waals surface area (Å²) in [5.74, 6) is -1.17. The van der Waals surface area contributed by atoms with Gasteiger partial charge in [0.2, 0.25) is 10.0 Å². The number of fused-ring (bicyclic) bond motifs is 1. The van der Waals surface area contributed by atoms with E-state index in [-0.39, 0.29) is 41.3 Å². The number of piperidine rings is 1. The summed E-state index contributed by atoms with van der Waals surface area (Å²) in [4.78, 5) is 43.6. The number of sulfonamides is 1. The van der Waals surface area contributed by atoms with Crippen LogP contribution in [0.1, 0.15) is 56.5 Å². The van der Waals surface area contributed by atoms with Crippen molar-refractivity contribution in [3.63, 3.8) is 0 Å². The number of amides is 2. The van der Waals surface area contributed by atoms with E-state index in [9.17, 15) is 22.8 Å². The van der Waals surface area contributed by atoms with Crippen LogP contribution in [0.25, 0.3) is 0 Å². The summed E-state index contributed by atoms with van der Waals surface area (Å²) in [7, 11) is -0.395. The molecule has 0 aliphatic carbocycles. The Morgan fingerprint density at radius 3 is 2.32 bits per heavy atom. The third-order valence-corrected chi connectivity index (χ3v) is 11.1. The van der Waals surface area contributed by atoms with Crippen molar-refractivity contribution in [2.75, 3.05) is 45.7 Å². The Balaban J connectivity index is 1.29. The lowest BCUT2D eigenvalue weighted by Crippen LogP contribution is -2.40. The van der Waals surface area contributed by atoms with Crippen LogP contribution in [0.15, 0.2) is 59.5 Å². The fourth-order valence-corrected chi connectivity index (χ4v) is 8.41. The van der Waals surface area contributed by atoms with Gasteiger partial charge in [-0.3, -0.25) is 19.3 Å². The Labute approximate surface area is 262 Å². The van der Waals surface area contributed by atoms with Crippen molar-refractivity contribution in [1.29, 1.82) is 0 Å². The van der Waals surface area contributed by atoms with Crippen LogP contribution >= 0.6 is 11.3 Å². The topological polar surface area (TPSA) is 116 Å². The number of anilines is 1. The van der Waals surface area contributed by atoms with E-state index in [4.69, 9.17) is 4.74 Å². The van der Waals surface area contributed by atoms with Gasteiger partial charge in [-0.1, -0.05) is 30.3 Å². The average molecular weight is 639 g/mol. The highest BCUT2D eigenvalue weighted by atomic mass is 32.2. The predicted octanol–water partition coefficient (Wildman–Crippen LogP) is 4.22. The fraction of sp³-hybridized carbons (Fsp3) is 0.406. The summed E-state index contributed by atoms with van der Waals surface area (Å²) in [6.07, 6.45) is 1.51. The van der Waals surface area contributed by atoms with Crippen molar-refractivity contribution >= 4 is 44.1 Å². The molecule has 0 radical (unpaired) electrons. The van der Waals surface area contributed by atoms with Crippen LogP contribution in [0.5, 0.6) is 0 Å². The summed E-state index contributed by atoms with van der Waals surface area (Å²) in [6, 6.07) is 16.1. The lowest BCUT2D eigenvalue weighted by Gasteiger charge is -2.30. The third kappa shape index (κ3) is 6.88. The Bertz CT molecular complexity index is 1610. The smallest absolute Gasteiger partial charge is 0.309 e. The molecule has 1 saturated heterocycles. The molecular weight excluding hydrogens is 601 g/mol. The van der Waals surface area contributed by atoms with Crippen molar-refractivity contribution in [2.45, 2.75) is 44.2 Å². The first-order chi connectivity index (χ1) is 21.1. The Morgan fingerprint density at radius 1 is 1.00 bits per heavy atom. The molecule has 0 unspecified atom stereocenters. The van der Waals surface area contributed by atoms with E-state index in [1.165, 1.54) is 50.4 Å². The van der Waals surface area contributed by atoms with E-state index in [0.29, 0.717) is 43.0 Å². The normalized spacial score (nSPS) is 16.2. The summed E-state index contributed by atoms with van der Waals surface area (Å²) >= 11 is 1.42. The molecule has 0 spiro atoms. The van der Waals surface area contributed by atoms with Gasteiger partial charge in [-0.2, -0.15) is 4.31 Å². The first-order valence-corrected chi connectivity index (χ1v) is 17.0. The number of nitrogens with one attached hydrogen (secondary N) is 1. The second-order valence-corrected chi connectivity index (χ2v) is 14.3. The maximum atomic E-state index is 13.3. The molecule has 2 amide bonds. The van der Waals surface area contributed by atoms with Crippen molar-refractivity contribution < 1.29 is 27.5 Å². The van der Waals surface area contributed by atoms with E-state index in [1.54, 1.807) is 21.0 Å². The number of carbonyl (C=O) groups excluding carboxylic acids is 3. The van der Waals surface area contributed by atoms with Gasteiger partial charge in [0, 0.05) is 57.3 Å². The quantitative estimate of drug-likeness (QED) is 0.349. The van der Waals surface area contributed by atoms with E-state index < -0.39 is 15.9 Å². The molecule has 5 rings (SSSR count). The summed E-state index contributed by atoms with van der Waals surface area (Å²) in [6.45, 7) is 4.78. The van der Waals surface area contributed by atoms with Gasteiger partial charge < -0.3 is 15.0 Å². The molecule has 2 aliphatic rings. The number of esters is 1. The number of carbonyl (C=O) groups is 3. The Kier molecular flexibility index (Phi) is 9.84. The molecule has 1 N–H and O–H groups in total. The highest BCUT2D eigenvalue weighted by Gasteiger charge is 2.33. The molecule has 3 heterocycles. The van der Waals surface area contributed by atoms with Crippen molar-refractivity contribution in [1.82, 2.24) is 14.1 Å². The van der Waals surface area contributed by atoms with E-state index in [0.717, 1.165) is 23.5 Å². The van der Waals surface area contributed by atoms with Crippen LogP contribution in [0.2, 0.25) is 0 Å². The molecule has 10 nitrogen and oxygen atoms in total. The first-order valence-electron chi connectivity index (χ1n) is 14.8. The minimum Gasteiger partial charge on any atom is -0.466 e. The van der Waals surface area contributed by atoms with E-state index >= 15 is 0 Å². The minimum absolute atomic E-state index is 0.0807. The largest absolute Gasteiger partial charge is 0.466 e. The van der Waals surface area contributed by atoms with E-state index in [1.807, 2.05) is 18.2 Å². The Morgan fingerprint density at radius 2 is 1.68 bits per heavy atom. The second kappa shape index (κ2) is 13.6. The zero-order valence-corrected chi connectivity index (χ0v) is 26.9. The predicted molar refractivity (Wildman–Crippen MR) is 169 cm³/mol. The van der Waals surface area contributed by atoms with Gasteiger partial charge in [-0.25, -0.2) is 8.42 Å². The zero-order chi connectivity index (χ0) is 31.4. The molecule has 0 saturated carbocycles. The highest BCUT2D eigenvalue weighted by molar-refractivity contribution is 7.89. The summed E-state index contributed by atoms with van der Waals surface area (Å²) < 4.78 is 33.0. The van der Waals surface area contributed by atoms with Crippen LogP contribution in [0.4, 0.5) is 5.00 Å². The van der Waals surface area contributed by atoms with Gasteiger partial charge in [0.15, 0.2) is 0 Å². The standard InChI is InChI=1S/C32H38N4O6S2/c1-4-42-32(39)24-14-18-36(19-15-24)44(40,41)25-12-10-23(11-13-25)29(37)33-30-28(31(38)34(2)3)26-16-17-35(21-27(26)43-30)20-22-8-6-5-7-9-22/h5-13,24H,4,14-21H2,1-3H3,(H,33,37). The maximum absolute atomic E-state index is 13.3. The second-order valence-electron chi connectivity index (χ2n) is 11.3. The van der Waals surface area contributed by atoms with E-state index in [2.05, 4.69) is 22.3 Å². The van der Waals surface area contributed by atoms with Gasteiger partial charge in [0.25, 0.3) is 11.8 Å². The summed E-state index contributed by atoms with van der Waals surface area (Å²) in [5.41, 5.74) is 3.00. The molecular formula is C32H38N4O6S2. The van der Waals surface area contributed by atoms with Gasteiger partial charge >= 0.3 is 5.97 Å². The van der Waals surface area contributed by atoms with Crippen LogP contribution in [-0.2, 0) is 39.1 Å². The number of rotatable bonds is 9. The van der Waals surface area contributed by atoms with Gasteiger partial charge in [-0.15, -0.1) is 11.3 Å². The first kappa shape index (κ1) is 31.8. The average Bonchev–Trinajstić information content (AvgIpc) is 3.38. The van der Waals surface area contributed by atoms with Crippen LogP contribution in [0, 0.1) is 5.92 Å². The third-order valence-electron chi connectivity index (χ3n) is 8.06. The number of hydrogen-bond donors (Lipinski definition) is 1. The van der Waals surface area contributed by atoms with Gasteiger partial charge in [-0.05, 0) is 61.6 Å². The van der Waals surface area contributed by atoms with Crippen molar-refractivity contribution in [3.8, 4) is 0 Å². The number of nitrogens with zero attached hydrogens (tertiary/aromatic N) is 3. The monoisotopic (exact) mass is 638 g/mol. The number of hydrogen-bond acceptors (Lipinski definition) is 8. The molecule has 2 aliphatic heterocycles. The number of ether oxygens (including phenoxy) is 1. The van der Waals surface area contributed by atoms with Crippen LogP contribution in [0.3, 0.4) is 0 Å². The maximum Gasteiger partial charge on any atom is 0.309 e. The molecule has 12 heteroatoms. The molecule has 1 fully saturated rings. The SMILES string of the molecule is CCOC(=O)C1CCN(S(=O)(=O)c2ccc(C(=O)Nc3sc4c(c3C(=O)N(C)C)CCN(Cc3ccccc3)C4)cc2)CC1. The summed E-state index contributed by atoms with van der Waals surface area (Å²) in [5, 5.41) is 3.44. The number of benzene rings is 2. The van der Waals surface area contributed by atoms with Crippen molar-refractivity contribution in [2.24, 2.45) is 5.92 Å². The molecule has 2 aromatic carbocycles. The minimum atomic E-state index is -3.79.